The molecular formula is C13H12ClFN4O2. The third-order valence-electron chi connectivity index (χ3n) is 2.54. The van der Waals surface area contributed by atoms with Gasteiger partial charge in [-0.15, -0.1) is 0 Å². The van der Waals surface area contributed by atoms with Crippen molar-refractivity contribution >= 4 is 23.6 Å². The zero-order valence-electron chi connectivity index (χ0n) is 11.1. The van der Waals surface area contributed by atoms with Gasteiger partial charge in [-0.1, -0.05) is 22.8 Å². The molecule has 1 aromatic carbocycles. The van der Waals surface area contributed by atoms with E-state index in [2.05, 4.69) is 20.0 Å². The van der Waals surface area contributed by atoms with Crippen LogP contribution in [0.25, 0.3) is 0 Å². The summed E-state index contributed by atoms with van der Waals surface area (Å²) in [6.45, 7) is 0.101. The van der Waals surface area contributed by atoms with Crippen molar-refractivity contribution in [2.75, 3.05) is 12.8 Å². The first-order chi connectivity index (χ1) is 10.1. The van der Waals surface area contributed by atoms with E-state index in [9.17, 15) is 4.39 Å². The van der Waals surface area contributed by atoms with E-state index in [1.807, 2.05) is 0 Å². The number of hydrogen-bond acceptors (Lipinski definition) is 6. The van der Waals surface area contributed by atoms with E-state index >= 15 is 0 Å². The largest absolute Gasteiger partial charge is 0.472 e. The summed E-state index contributed by atoms with van der Waals surface area (Å²) in [6, 6.07) is 4.04. The summed E-state index contributed by atoms with van der Waals surface area (Å²) in [7, 11) is 1.40. The van der Waals surface area contributed by atoms with Gasteiger partial charge in [-0.3, -0.25) is 0 Å². The van der Waals surface area contributed by atoms with Gasteiger partial charge in [-0.2, -0.15) is 0 Å². The Bertz CT molecular complexity index is 667. The summed E-state index contributed by atoms with van der Waals surface area (Å²) in [6.07, 6.45) is 2.61. The van der Waals surface area contributed by atoms with Gasteiger partial charge in [-0.25, -0.2) is 14.4 Å². The molecule has 2 aromatic rings. The molecule has 2 rings (SSSR count). The molecule has 0 aliphatic carbocycles. The van der Waals surface area contributed by atoms with Crippen LogP contribution in [-0.2, 0) is 11.4 Å². The number of oxime groups is 1. The number of nitrogen functional groups attached to an aromatic ring is 1. The number of anilines is 1. The molecular weight excluding hydrogens is 299 g/mol. The summed E-state index contributed by atoms with van der Waals surface area (Å²) in [5.74, 6) is 0.0117. The van der Waals surface area contributed by atoms with Crippen molar-refractivity contribution in [3.8, 4) is 5.88 Å². The van der Waals surface area contributed by atoms with Crippen LogP contribution in [0.5, 0.6) is 5.88 Å². The lowest BCUT2D eigenvalue weighted by molar-refractivity contribution is 0.215. The predicted octanol–water partition coefficient (Wildman–Crippen LogP) is 2.41. The first-order valence-electron chi connectivity index (χ1n) is 5.85. The molecule has 6 nitrogen and oxygen atoms in total. The van der Waals surface area contributed by atoms with Crippen LogP contribution in [0.1, 0.15) is 11.1 Å². The first kappa shape index (κ1) is 15.0. The summed E-state index contributed by atoms with van der Waals surface area (Å²) in [4.78, 5) is 12.4. The molecule has 2 N–H and O–H groups in total. The quantitative estimate of drug-likeness (QED) is 0.677. The Morgan fingerprint density at radius 3 is 2.95 bits per heavy atom. The van der Waals surface area contributed by atoms with Gasteiger partial charge >= 0.3 is 0 Å². The highest BCUT2D eigenvalue weighted by atomic mass is 35.5. The molecule has 1 heterocycles. The Morgan fingerprint density at radius 2 is 2.24 bits per heavy atom. The molecule has 1 aromatic heterocycles. The van der Waals surface area contributed by atoms with Crippen LogP contribution in [0, 0.1) is 5.82 Å². The van der Waals surface area contributed by atoms with Crippen LogP contribution in [0.4, 0.5) is 10.2 Å². The van der Waals surface area contributed by atoms with Crippen LogP contribution in [0.15, 0.2) is 29.7 Å². The molecule has 0 aliphatic rings. The Balaban J connectivity index is 2.20. The lowest BCUT2D eigenvalue weighted by Crippen LogP contribution is -2.05. The Kier molecular flexibility index (Phi) is 4.89. The zero-order valence-corrected chi connectivity index (χ0v) is 11.8. The van der Waals surface area contributed by atoms with Crippen molar-refractivity contribution in [1.82, 2.24) is 9.97 Å². The molecule has 0 amide bonds. The van der Waals surface area contributed by atoms with Crippen molar-refractivity contribution in [1.29, 1.82) is 0 Å². The molecule has 110 valence electrons. The van der Waals surface area contributed by atoms with Crippen LogP contribution in [-0.4, -0.2) is 23.3 Å². The van der Waals surface area contributed by atoms with Crippen molar-refractivity contribution in [2.45, 2.75) is 6.61 Å². The number of nitrogens with two attached hydrogens (primary N) is 1. The highest BCUT2D eigenvalue weighted by Gasteiger charge is 2.10. The summed E-state index contributed by atoms with van der Waals surface area (Å²) in [5.41, 5.74) is 6.73. The maximum absolute atomic E-state index is 13.0. The van der Waals surface area contributed by atoms with Crippen LogP contribution in [0.3, 0.4) is 0 Å². The topological polar surface area (TPSA) is 82.6 Å². The Labute approximate surface area is 125 Å². The van der Waals surface area contributed by atoms with Crippen molar-refractivity contribution in [3.63, 3.8) is 0 Å². The van der Waals surface area contributed by atoms with Crippen LogP contribution in [0.2, 0.25) is 5.02 Å². The van der Waals surface area contributed by atoms with Gasteiger partial charge in [0.2, 0.25) is 5.88 Å². The average Bonchev–Trinajstić information content (AvgIpc) is 2.45. The maximum Gasteiger partial charge on any atom is 0.228 e. The minimum absolute atomic E-state index is 0.101. The van der Waals surface area contributed by atoms with E-state index in [4.69, 9.17) is 22.1 Å². The van der Waals surface area contributed by atoms with Gasteiger partial charge in [0.25, 0.3) is 0 Å². The number of benzene rings is 1. The van der Waals surface area contributed by atoms with E-state index in [0.717, 1.165) is 0 Å². The van der Waals surface area contributed by atoms with E-state index in [1.165, 1.54) is 37.9 Å². The molecule has 0 spiro atoms. The lowest BCUT2D eigenvalue weighted by Gasteiger charge is -2.09. The minimum Gasteiger partial charge on any atom is -0.472 e. The highest BCUT2D eigenvalue weighted by molar-refractivity contribution is 6.31. The number of hydrogen-bond donors (Lipinski definition) is 1. The molecule has 0 radical (unpaired) electrons. The van der Waals surface area contributed by atoms with E-state index in [1.54, 1.807) is 0 Å². The Morgan fingerprint density at radius 1 is 1.43 bits per heavy atom. The van der Waals surface area contributed by atoms with Crippen molar-refractivity contribution in [2.24, 2.45) is 5.16 Å². The second kappa shape index (κ2) is 6.85. The fraction of sp³-hybridized carbons (Fsp3) is 0.154. The molecule has 8 heteroatoms. The van der Waals surface area contributed by atoms with Gasteiger partial charge in [0.05, 0.1) is 11.2 Å². The molecule has 0 atom stereocenters. The van der Waals surface area contributed by atoms with Gasteiger partial charge in [0.15, 0.2) is 0 Å². The smallest absolute Gasteiger partial charge is 0.228 e. The molecule has 0 unspecified atom stereocenters. The standard InChI is InChI=1S/C13H12ClFN4O2/c1-20-19-5-10-12(16)17-7-18-13(10)21-6-8-2-3-9(15)4-11(8)14/h2-5,7H,6H2,1H3,(H2,16,17,18)/b19-5+. The van der Waals surface area contributed by atoms with E-state index in [0.29, 0.717) is 11.1 Å². The van der Waals surface area contributed by atoms with Gasteiger partial charge in [0, 0.05) is 5.56 Å². The lowest BCUT2D eigenvalue weighted by atomic mass is 10.2. The molecule has 21 heavy (non-hydrogen) atoms. The monoisotopic (exact) mass is 310 g/mol. The summed E-state index contributed by atoms with van der Waals surface area (Å²) < 4.78 is 18.5. The zero-order chi connectivity index (χ0) is 15.2. The van der Waals surface area contributed by atoms with Gasteiger partial charge in [-0.05, 0) is 12.1 Å². The second-order valence-electron chi connectivity index (χ2n) is 3.92. The number of halogens is 2. The fourth-order valence-corrected chi connectivity index (χ4v) is 1.74. The summed E-state index contributed by atoms with van der Waals surface area (Å²) >= 11 is 5.93. The van der Waals surface area contributed by atoms with Crippen molar-refractivity contribution < 1.29 is 14.0 Å². The van der Waals surface area contributed by atoms with E-state index in [-0.39, 0.29) is 23.3 Å². The third-order valence-corrected chi connectivity index (χ3v) is 2.90. The minimum atomic E-state index is -0.414. The fourth-order valence-electron chi connectivity index (χ4n) is 1.52. The highest BCUT2D eigenvalue weighted by Crippen LogP contribution is 2.22. The van der Waals surface area contributed by atoms with Crippen LogP contribution >= 0.6 is 11.6 Å². The summed E-state index contributed by atoms with van der Waals surface area (Å²) in [5, 5.41) is 3.87. The van der Waals surface area contributed by atoms with Gasteiger partial charge in [0.1, 0.15) is 37.2 Å². The average molecular weight is 311 g/mol. The molecule has 0 fully saturated rings. The van der Waals surface area contributed by atoms with E-state index < -0.39 is 5.82 Å². The molecule has 0 bridgehead atoms. The first-order valence-corrected chi connectivity index (χ1v) is 6.23. The molecule has 0 saturated heterocycles. The normalized spacial score (nSPS) is 10.8. The number of aromatic nitrogens is 2. The Hall–Kier alpha value is -2.41. The number of nitrogens with zero attached hydrogens (tertiary/aromatic N) is 3. The van der Waals surface area contributed by atoms with Crippen LogP contribution < -0.4 is 10.5 Å². The second-order valence-corrected chi connectivity index (χ2v) is 4.33. The molecule has 0 aliphatic heterocycles. The maximum atomic E-state index is 13.0. The molecule has 0 saturated carbocycles. The predicted molar refractivity (Wildman–Crippen MR) is 76.8 cm³/mol. The third kappa shape index (κ3) is 3.79. The SMILES string of the molecule is CO/N=C/c1c(N)ncnc1OCc1ccc(F)cc1Cl. The van der Waals surface area contributed by atoms with Gasteiger partial charge < -0.3 is 15.3 Å². The number of ether oxygens (including phenoxy) is 1. The number of rotatable bonds is 5. The van der Waals surface area contributed by atoms with Crippen molar-refractivity contribution in [3.05, 3.63) is 46.5 Å².